The van der Waals surface area contributed by atoms with Crippen molar-refractivity contribution in [2.45, 2.75) is 40.3 Å². The largest absolute Gasteiger partial charge is 0.469 e. The van der Waals surface area contributed by atoms with Crippen LogP contribution in [0.25, 0.3) is 0 Å². The molecule has 0 aliphatic rings. The van der Waals surface area contributed by atoms with Crippen molar-refractivity contribution < 1.29 is 4.42 Å². The fourth-order valence-electron chi connectivity index (χ4n) is 2.84. The number of rotatable bonds is 5. The van der Waals surface area contributed by atoms with Gasteiger partial charge in [-0.25, -0.2) is 0 Å². The van der Waals surface area contributed by atoms with E-state index in [0.29, 0.717) is 6.54 Å². The molecule has 0 saturated carbocycles. The highest BCUT2D eigenvalue weighted by Gasteiger charge is 2.19. The molecule has 0 amide bonds. The Kier molecular flexibility index (Phi) is 4.86. The topological polar surface area (TPSA) is 42.4 Å². The zero-order valence-corrected chi connectivity index (χ0v) is 13.7. The zero-order valence-electron chi connectivity index (χ0n) is 13.7. The minimum Gasteiger partial charge on any atom is -0.469 e. The van der Waals surface area contributed by atoms with Crippen LogP contribution in [0.4, 0.5) is 0 Å². The molecule has 1 unspecified atom stereocenters. The van der Waals surface area contributed by atoms with E-state index >= 15 is 0 Å². The van der Waals surface area contributed by atoms with Crippen molar-refractivity contribution in [3.63, 3.8) is 0 Å². The van der Waals surface area contributed by atoms with E-state index in [1.54, 1.807) is 6.26 Å². The molecular formula is C18H26N2O. The lowest BCUT2D eigenvalue weighted by molar-refractivity contribution is 0.239. The van der Waals surface area contributed by atoms with Gasteiger partial charge in [0.2, 0.25) is 0 Å². The number of hydrogen-bond acceptors (Lipinski definition) is 3. The number of nitrogens with zero attached hydrogens (tertiary/aromatic N) is 1. The van der Waals surface area contributed by atoms with Crippen LogP contribution in [0.1, 0.15) is 39.6 Å². The van der Waals surface area contributed by atoms with E-state index in [1.165, 1.54) is 27.8 Å². The first-order valence-corrected chi connectivity index (χ1v) is 7.45. The third-order valence-corrected chi connectivity index (χ3v) is 4.38. The lowest BCUT2D eigenvalue weighted by Crippen LogP contribution is -2.31. The van der Waals surface area contributed by atoms with Crippen molar-refractivity contribution in [1.82, 2.24) is 4.90 Å². The second-order valence-electron chi connectivity index (χ2n) is 5.96. The van der Waals surface area contributed by atoms with Gasteiger partial charge in [0.05, 0.1) is 6.26 Å². The van der Waals surface area contributed by atoms with Gasteiger partial charge in [-0.3, -0.25) is 4.90 Å². The Morgan fingerprint density at radius 1 is 1.10 bits per heavy atom. The van der Waals surface area contributed by atoms with Crippen molar-refractivity contribution >= 4 is 0 Å². The predicted molar refractivity (Wildman–Crippen MR) is 87.4 cm³/mol. The summed E-state index contributed by atoms with van der Waals surface area (Å²) in [4.78, 5) is 2.30. The molecule has 0 aliphatic heterocycles. The van der Waals surface area contributed by atoms with Gasteiger partial charge in [0.25, 0.3) is 0 Å². The SMILES string of the molecule is Cc1cc(C)c(C(CN)N(C)Cc2ccoc2C)cc1C. The van der Waals surface area contributed by atoms with Gasteiger partial charge in [-0.1, -0.05) is 12.1 Å². The second-order valence-corrected chi connectivity index (χ2v) is 5.96. The van der Waals surface area contributed by atoms with E-state index in [0.717, 1.165) is 12.3 Å². The molecule has 3 nitrogen and oxygen atoms in total. The third kappa shape index (κ3) is 3.36. The Morgan fingerprint density at radius 2 is 1.76 bits per heavy atom. The molecule has 2 N–H and O–H groups in total. The maximum Gasteiger partial charge on any atom is 0.105 e. The number of likely N-dealkylation sites (N-methyl/N-ethyl adjacent to an activating group) is 1. The van der Waals surface area contributed by atoms with Gasteiger partial charge in [0.15, 0.2) is 0 Å². The van der Waals surface area contributed by atoms with Crippen molar-refractivity contribution in [1.29, 1.82) is 0 Å². The molecule has 3 heteroatoms. The van der Waals surface area contributed by atoms with Crippen LogP contribution in [-0.2, 0) is 6.54 Å². The molecule has 0 spiro atoms. The summed E-state index contributed by atoms with van der Waals surface area (Å²) in [5.41, 5.74) is 12.6. The first-order chi connectivity index (χ1) is 9.93. The summed E-state index contributed by atoms with van der Waals surface area (Å²) in [6.45, 7) is 9.94. The van der Waals surface area contributed by atoms with Gasteiger partial charge in [0, 0.05) is 24.7 Å². The summed E-state index contributed by atoms with van der Waals surface area (Å²) < 4.78 is 5.39. The van der Waals surface area contributed by atoms with Crippen LogP contribution in [0, 0.1) is 27.7 Å². The molecule has 0 radical (unpaired) electrons. The molecule has 0 bridgehead atoms. The summed E-state index contributed by atoms with van der Waals surface area (Å²) in [5, 5.41) is 0. The van der Waals surface area contributed by atoms with Crippen LogP contribution >= 0.6 is 0 Å². The van der Waals surface area contributed by atoms with Crippen molar-refractivity contribution in [2.24, 2.45) is 5.73 Å². The predicted octanol–water partition coefficient (Wildman–Crippen LogP) is 3.65. The summed E-state index contributed by atoms with van der Waals surface area (Å²) in [6, 6.07) is 6.79. The molecule has 0 fully saturated rings. The number of hydrogen-bond donors (Lipinski definition) is 1. The summed E-state index contributed by atoms with van der Waals surface area (Å²) in [6.07, 6.45) is 1.75. The van der Waals surface area contributed by atoms with Crippen LogP contribution in [0.2, 0.25) is 0 Å². The third-order valence-electron chi connectivity index (χ3n) is 4.38. The van der Waals surface area contributed by atoms with Crippen molar-refractivity contribution in [3.8, 4) is 0 Å². The lowest BCUT2D eigenvalue weighted by atomic mass is 9.95. The molecular weight excluding hydrogens is 260 g/mol. The van der Waals surface area contributed by atoms with Gasteiger partial charge in [-0.05, 0) is 63.1 Å². The molecule has 1 aromatic carbocycles. The Labute approximate surface area is 127 Å². The maximum absolute atomic E-state index is 6.06. The van der Waals surface area contributed by atoms with E-state index in [9.17, 15) is 0 Å². The molecule has 2 rings (SSSR count). The molecule has 1 aromatic heterocycles. The first kappa shape index (κ1) is 15.8. The van der Waals surface area contributed by atoms with Crippen molar-refractivity contribution in [3.05, 3.63) is 58.0 Å². The average Bonchev–Trinajstić information content (AvgIpc) is 2.82. The van der Waals surface area contributed by atoms with Gasteiger partial charge in [-0.2, -0.15) is 0 Å². The van der Waals surface area contributed by atoms with E-state index in [4.69, 9.17) is 10.2 Å². The highest BCUT2D eigenvalue weighted by Crippen LogP contribution is 2.26. The van der Waals surface area contributed by atoms with E-state index in [2.05, 4.69) is 44.9 Å². The van der Waals surface area contributed by atoms with Gasteiger partial charge in [0.1, 0.15) is 5.76 Å². The minimum absolute atomic E-state index is 0.221. The van der Waals surface area contributed by atoms with E-state index in [-0.39, 0.29) is 6.04 Å². The average molecular weight is 286 g/mol. The monoisotopic (exact) mass is 286 g/mol. The Balaban J connectivity index is 2.27. The van der Waals surface area contributed by atoms with Gasteiger partial charge < -0.3 is 10.2 Å². The van der Waals surface area contributed by atoms with Gasteiger partial charge >= 0.3 is 0 Å². The molecule has 21 heavy (non-hydrogen) atoms. The molecule has 0 aliphatic carbocycles. The minimum atomic E-state index is 0.221. The van der Waals surface area contributed by atoms with Crippen molar-refractivity contribution in [2.75, 3.05) is 13.6 Å². The number of aryl methyl sites for hydroxylation is 4. The molecule has 1 heterocycles. The van der Waals surface area contributed by atoms with E-state index < -0.39 is 0 Å². The van der Waals surface area contributed by atoms with Crippen LogP contribution in [0.5, 0.6) is 0 Å². The number of furan rings is 1. The molecule has 114 valence electrons. The van der Waals surface area contributed by atoms with Crippen LogP contribution in [0.3, 0.4) is 0 Å². The maximum atomic E-state index is 6.06. The van der Waals surface area contributed by atoms with Gasteiger partial charge in [-0.15, -0.1) is 0 Å². The zero-order chi connectivity index (χ0) is 15.6. The molecule has 2 aromatic rings. The smallest absolute Gasteiger partial charge is 0.105 e. The Bertz CT molecular complexity index is 616. The fourth-order valence-corrected chi connectivity index (χ4v) is 2.84. The van der Waals surface area contributed by atoms with E-state index in [1.807, 2.05) is 13.0 Å². The van der Waals surface area contributed by atoms with Crippen LogP contribution in [-0.4, -0.2) is 18.5 Å². The number of nitrogens with two attached hydrogens (primary N) is 1. The second kappa shape index (κ2) is 6.46. The first-order valence-electron chi connectivity index (χ1n) is 7.45. The molecule has 1 atom stereocenters. The Morgan fingerprint density at radius 3 is 2.33 bits per heavy atom. The quantitative estimate of drug-likeness (QED) is 0.912. The normalized spacial score (nSPS) is 12.9. The summed E-state index contributed by atoms with van der Waals surface area (Å²) in [7, 11) is 2.12. The standard InChI is InChI=1S/C18H26N2O/c1-12-8-14(3)17(9-13(12)2)18(10-19)20(5)11-16-6-7-21-15(16)4/h6-9,18H,10-11,19H2,1-5H3. The lowest BCUT2D eigenvalue weighted by Gasteiger charge is -2.29. The van der Waals surface area contributed by atoms with Crippen LogP contribution in [0.15, 0.2) is 28.9 Å². The molecule has 0 saturated heterocycles. The highest BCUT2D eigenvalue weighted by molar-refractivity contribution is 5.38. The Hall–Kier alpha value is -1.58. The number of benzene rings is 1. The fraction of sp³-hybridized carbons (Fsp3) is 0.444. The summed E-state index contributed by atoms with van der Waals surface area (Å²) >= 11 is 0. The summed E-state index contributed by atoms with van der Waals surface area (Å²) in [5.74, 6) is 0.981. The van der Waals surface area contributed by atoms with Crippen LogP contribution < -0.4 is 5.73 Å². The highest BCUT2D eigenvalue weighted by atomic mass is 16.3.